The van der Waals surface area contributed by atoms with Crippen LogP contribution in [0.5, 0.6) is 0 Å². The molecule has 0 spiro atoms. The average Bonchev–Trinajstić information content (AvgIpc) is 3.40. The van der Waals surface area contributed by atoms with Crippen molar-refractivity contribution in [2.24, 2.45) is 0 Å². The fourth-order valence-corrected chi connectivity index (χ4v) is 2.69. The lowest BCUT2D eigenvalue weighted by Crippen LogP contribution is -2.36. The Kier molecular flexibility index (Phi) is 4.65. The number of nitrogens with zero attached hydrogens (tertiary/aromatic N) is 1. The highest BCUT2D eigenvalue weighted by atomic mass is 16.2. The maximum absolute atomic E-state index is 12.8. The SMILES string of the molecule is Cc1cc(C(=O)N(C/C=C/c2ccccc2)C2CC2)c(=O)[nH]c1C. The summed E-state index contributed by atoms with van der Waals surface area (Å²) in [4.78, 5) is 29.5. The molecule has 4 nitrogen and oxygen atoms in total. The number of carbonyl (C=O) groups excluding carboxylic acids is 1. The van der Waals surface area contributed by atoms with Gasteiger partial charge in [-0.3, -0.25) is 9.59 Å². The molecular formula is C20H22N2O2. The molecule has 3 rings (SSSR count). The van der Waals surface area contributed by atoms with Gasteiger partial charge >= 0.3 is 0 Å². The second-order valence-electron chi connectivity index (χ2n) is 6.32. The minimum Gasteiger partial charge on any atom is -0.332 e. The fraction of sp³-hybridized carbons (Fsp3) is 0.300. The number of hydrogen-bond donors (Lipinski definition) is 1. The van der Waals surface area contributed by atoms with Gasteiger partial charge in [0.05, 0.1) is 0 Å². The number of benzene rings is 1. The van der Waals surface area contributed by atoms with Crippen molar-refractivity contribution in [1.29, 1.82) is 0 Å². The molecule has 1 aliphatic rings. The van der Waals surface area contributed by atoms with Crippen molar-refractivity contribution in [1.82, 2.24) is 9.88 Å². The minimum atomic E-state index is -0.305. The first kappa shape index (κ1) is 16.2. The van der Waals surface area contributed by atoms with Crippen LogP contribution in [0.4, 0.5) is 0 Å². The summed E-state index contributed by atoms with van der Waals surface area (Å²) in [5.74, 6) is -0.181. The Hall–Kier alpha value is -2.62. The normalized spacial score (nSPS) is 14.1. The predicted molar refractivity (Wildman–Crippen MR) is 96.1 cm³/mol. The molecule has 1 aromatic carbocycles. The summed E-state index contributed by atoms with van der Waals surface area (Å²) >= 11 is 0. The van der Waals surface area contributed by atoms with E-state index in [0.717, 1.165) is 29.7 Å². The van der Waals surface area contributed by atoms with E-state index < -0.39 is 0 Å². The van der Waals surface area contributed by atoms with Gasteiger partial charge < -0.3 is 9.88 Å². The molecule has 1 aromatic heterocycles. The monoisotopic (exact) mass is 322 g/mol. The number of carbonyl (C=O) groups is 1. The fourth-order valence-electron chi connectivity index (χ4n) is 2.69. The number of pyridine rings is 1. The van der Waals surface area contributed by atoms with Crippen molar-refractivity contribution in [3.63, 3.8) is 0 Å². The van der Waals surface area contributed by atoms with E-state index in [1.807, 2.05) is 56.3 Å². The van der Waals surface area contributed by atoms with Gasteiger partial charge in [-0.1, -0.05) is 42.5 Å². The summed E-state index contributed by atoms with van der Waals surface area (Å²) in [7, 11) is 0. The first-order chi connectivity index (χ1) is 11.6. The van der Waals surface area contributed by atoms with Gasteiger partial charge in [-0.25, -0.2) is 0 Å². The molecule has 1 heterocycles. The molecule has 0 unspecified atom stereocenters. The van der Waals surface area contributed by atoms with Crippen molar-refractivity contribution in [2.45, 2.75) is 32.7 Å². The van der Waals surface area contributed by atoms with Gasteiger partial charge in [0.2, 0.25) is 0 Å². The zero-order valence-electron chi connectivity index (χ0n) is 14.1. The summed E-state index contributed by atoms with van der Waals surface area (Å²) in [6, 6.07) is 11.9. The van der Waals surface area contributed by atoms with Gasteiger partial charge in [0.1, 0.15) is 5.56 Å². The molecule has 0 radical (unpaired) electrons. The van der Waals surface area contributed by atoms with Crippen molar-refractivity contribution in [2.75, 3.05) is 6.54 Å². The first-order valence-electron chi connectivity index (χ1n) is 8.29. The lowest BCUT2D eigenvalue weighted by Gasteiger charge is -2.20. The highest BCUT2D eigenvalue weighted by molar-refractivity contribution is 5.94. The molecule has 1 fully saturated rings. The topological polar surface area (TPSA) is 53.2 Å². The van der Waals surface area contributed by atoms with Gasteiger partial charge in [0.25, 0.3) is 11.5 Å². The third-order valence-corrected chi connectivity index (χ3v) is 4.39. The lowest BCUT2D eigenvalue weighted by molar-refractivity contribution is 0.0761. The number of aromatic nitrogens is 1. The summed E-state index contributed by atoms with van der Waals surface area (Å²) in [6.07, 6.45) is 6.01. The number of nitrogens with one attached hydrogen (secondary N) is 1. The standard InChI is InChI=1S/C20H22N2O2/c1-14-13-18(19(23)21-15(14)2)20(24)22(17-10-11-17)12-6-9-16-7-4-3-5-8-16/h3-9,13,17H,10-12H2,1-2H3,(H,21,23)/b9-6+. The molecule has 4 heteroatoms. The Bertz CT molecular complexity index is 817. The van der Waals surface area contributed by atoms with E-state index in [2.05, 4.69) is 4.98 Å². The molecule has 0 bridgehead atoms. The average molecular weight is 322 g/mol. The van der Waals surface area contributed by atoms with Crippen molar-refractivity contribution in [3.05, 3.63) is 75.2 Å². The summed E-state index contributed by atoms with van der Waals surface area (Å²) in [6.45, 7) is 4.26. The van der Waals surface area contributed by atoms with E-state index in [9.17, 15) is 9.59 Å². The molecule has 0 aliphatic heterocycles. The van der Waals surface area contributed by atoms with Gasteiger partial charge in [0, 0.05) is 18.3 Å². The van der Waals surface area contributed by atoms with E-state index >= 15 is 0 Å². The Labute approximate surface area is 141 Å². The molecule has 0 saturated heterocycles. The molecular weight excluding hydrogens is 300 g/mol. The Morgan fingerprint density at radius 1 is 1.25 bits per heavy atom. The maximum Gasteiger partial charge on any atom is 0.261 e. The van der Waals surface area contributed by atoms with Crippen molar-refractivity contribution < 1.29 is 4.79 Å². The summed E-state index contributed by atoms with van der Waals surface area (Å²) in [5.41, 5.74) is 2.76. The van der Waals surface area contributed by atoms with E-state index in [1.54, 1.807) is 11.0 Å². The van der Waals surface area contributed by atoms with Gasteiger partial charge in [0.15, 0.2) is 0 Å². The first-order valence-corrected chi connectivity index (χ1v) is 8.29. The van der Waals surface area contributed by atoms with Gasteiger partial charge in [-0.2, -0.15) is 0 Å². The van der Waals surface area contributed by atoms with E-state index in [4.69, 9.17) is 0 Å². The second-order valence-corrected chi connectivity index (χ2v) is 6.32. The Morgan fingerprint density at radius 3 is 2.62 bits per heavy atom. The number of aromatic amines is 1. The Balaban J connectivity index is 1.79. The number of H-pyrrole nitrogens is 1. The summed E-state index contributed by atoms with van der Waals surface area (Å²) in [5, 5.41) is 0. The van der Waals surface area contributed by atoms with Crippen LogP contribution < -0.4 is 5.56 Å². The molecule has 124 valence electrons. The van der Waals surface area contributed by atoms with Crippen LogP contribution in [0, 0.1) is 13.8 Å². The largest absolute Gasteiger partial charge is 0.332 e. The second kappa shape index (κ2) is 6.87. The molecule has 1 amide bonds. The molecule has 24 heavy (non-hydrogen) atoms. The van der Waals surface area contributed by atoms with Gasteiger partial charge in [-0.05, 0) is 43.9 Å². The van der Waals surface area contributed by atoms with Crippen LogP contribution in [0.15, 0.2) is 47.3 Å². The lowest BCUT2D eigenvalue weighted by atomic mass is 10.1. The molecule has 1 N–H and O–H groups in total. The van der Waals surface area contributed by atoms with Crippen LogP contribution in [0.2, 0.25) is 0 Å². The van der Waals surface area contributed by atoms with Crippen LogP contribution in [0.25, 0.3) is 6.08 Å². The smallest absolute Gasteiger partial charge is 0.261 e. The minimum absolute atomic E-state index is 0.181. The third-order valence-electron chi connectivity index (χ3n) is 4.39. The van der Waals surface area contributed by atoms with E-state index in [1.165, 1.54) is 0 Å². The third kappa shape index (κ3) is 3.65. The van der Waals surface area contributed by atoms with Crippen LogP contribution in [-0.2, 0) is 0 Å². The number of amides is 1. The number of hydrogen-bond acceptors (Lipinski definition) is 2. The van der Waals surface area contributed by atoms with Gasteiger partial charge in [-0.15, -0.1) is 0 Å². The van der Waals surface area contributed by atoms with Crippen LogP contribution in [0.3, 0.4) is 0 Å². The van der Waals surface area contributed by atoms with Crippen LogP contribution in [-0.4, -0.2) is 28.4 Å². The Morgan fingerprint density at radius 2 is 1.96 bits per heavy atom. The number of rotatable bonds is 5. The zero-order chi connectivity index (χ0) is 17.1. The number of aryl methyl sites for hydroxylation is 2. The quantitative estimate of drug-likeness (QED) is 0.918. The molecule has 0 atom stereocenters. The molecule has 1 saturated carbocycles. The molecule has 1 aliphatic carbocycles. The predicted octanol–water partition coefficient (Wildman–Crippen LogP) is 3.31. The van der Waals surface area contributed by atoms with E-state index in [0.29, 0.717) is 6.54 Å². The van der Waals surface area contributed by atoms with Crippen LogP contribution >= 0.6 is 0 Å². The van der Waals surface area contributed by atoms with Crippen molar-refractivity contribution in [3.8, 4) is 0 Å². The summed E-state index contributed by atoms with van der Waals surface area (Å²) < 4.78 is 0. The maximum atomic E-state index is 12.8. The zero-order valence-corrected chi connectivity index (χ0v) is 14.1. The highest BCUT2D eigenvalue weighted by Gasteiger charge is 2.33. The molecule has 2 aromatic rings. The highest BCUT2D eigenvalue weighted by Crippen LogP contribution is 2.28. The van der Waals surface area contributed by atoms with Crippen LogP contribution in [0.1, 0.15) is 40.0 Å². The van der Waals surface area contributed by atoms with E-state index in [-0.39, 0.29) is 23.1 Å². The van der Waals surface area contributed by atoms with Crippen molar-refractivity contribution >= 4 is 12.0 Å².